The van der Waals surface area contributed by atoms with Crippen molar-refractivity contribution in [2.75, 3.05) is 18.0 Å². The third-order valence-electron chi connectivity index (χ3n) is 5.07. The zero-order valence-electron chi connectivity index (χ0n) is 15.2. The second kappa shape index (κ2) is 7.24. The monoisotopic (exact) mass is 343 g/mol. The number of hydrogen-bond acceptors (Lipinski definition) is 4. The van der Waals surface area contributed by atoms with Gasteiger partial charge in [0, 0.05) is 25.7 Å². The van der Waals surface area contributed by atoms with Crippen LogP contribution in [0.2, 0.25) is 0 Å². The van der Waals surface area contributed by atoms with E-state index in [1.807, 2.05) is 36.9 Å². The average molecular weight is 343 g/mol. The second-order valence-electron chi connectivity index (χ2n) is 6.84. The molecule has 1 aliphatic rings. The number of rotatable bonds is 4. The summed E-state index contributed by atoms with van der Waals surface area (Å²) in [6.07, 6.45) is 0.849. The van der Waals surface area contributed by atoms with Crippen molar-refractivity contribution in [3.8, 4) is 6.07 Å². The molecule has 0 radical (unpaired) electrons. The van der Waals surface area contributed by atoms with Crippen LogP contribution >= 0.6 is 0 Å². The number of carbonyl (C=O) groups is 2. The number of aryl methyl sites for hydroxylation is 2. The molecule has 0 spiro atoms. The minimum absolute atomic E-state index is 0.173. The van der Waals surface area contributed by atoms with Crippen LogP contribution in [0, 0.1) is 25.2 Å². The third kappa shape index (κ3) is 3.67. The van der Waals surface area contributed by atoms with Gasteiger partial charge in [0.05, 0.1) is 6.07 Å². The summed E-state index contributed by atoms with van der Waals surface area (Å²) in [6.45, 7) is 7.98. The highest BCUT2D eigenvalue weighted by Crippen LogP contribution is 2.35. The Balaban J connectivity index is 2.35. The predicted octanol–water partition coefficient (Wildman–Crippen LogP) is 2.49. The van der Waals surface area contributed by atoms with E-state index in [-0.39, 0.29) is 5.91 Å². The van der Waals surface area contributed by atoms with Gasteiger partial charge in [-0.25, -0.2) is 0 Å². The van der Waals surface area contributed by atoms with Crippen molar-refractivity contribution in [2.24, 2.45) is 0 Å². The maximum Gasteiger partial charge on any atom is 0.320 e. The van der Waals surface area contributed by atoms with E-state index in [4.69, 9.17) is 0 Å². The maximum absolute atomic E-state index is 12.4. The summed E-state index contributed by atoms with van der Waals surface area (Å²) in [4.78, 5) is 27.1. The van der Waals surface area contributed by atoms with Crippen LogP contribution in [0.25, 0.3) is 0 Å². The molecule has 6 heteroatoms. The number of carbonyl (C=O) groups excluding carboxylic acids is 1. The summed E-state index contributed by atoms with van der Waals surface area (Å²) >= 11 is 0. The second-order valence-corrected chi connectivity index (χ2v) is 6.84. The van der Waals surface area contributed by atoms with Gasteiger partial charge in [0.1, 0.15) is 11.6 Å². The zero-order chi connectivity index (χ0) is 18.8. The Morgan fingerprint density at radius 1 is 1.32 bits per heavy atom. The minimum Gasteiger partial charge on any atom is -0.480 e. The van der Waals surface area contributed by atoms with Gasteiger partial charge in [-0.15, -0.1) is 0 Å². The molecule has 1 fully saturated rings. The Kier molecular flexibility index (Phi) is 5.48. The number of hydrogen-bond donors (Lipinski definition) is 1. The van der Waals surface area contributed by atoms with Crippen LogP contribution in [0.4, 0.5) is 5.69 Å². The van der Waals surface area contributed by atoms with Gasteiger partial charge in [0.2, 0.25) is 5.91 Å². The van der Waals surface area contributed by atoms with Crippen molar-refractivity contribution < 1.29 is 14.7 Å². The lowest BCUT2D eigenvalue weighted by Gasteiger charge is -2.45. The number of carboxylic acid groups (broad SMARTS) is 1. The van der Waals surface area contributed by atoms with E-state index in [1.165, 1.54) is 6.92 Å². The molecule has 0 aliphatic carbocycles. The molecular formula is C19H25N3O3. The van der Waals surface area contributed by atoms with Crippen molar-refractivity contribution in [3.05, 3.63) is 29.3 Å². The van der Waals surface area contributed by atoms with Crippen LogP contribution < -0.4 is 4.90 Å². The summed E-state index contributed by atoms with van der Waals surface area (Å²) in [7, 11) is 0. The van der Waals surface area contributed by atoms with Gasteiger partial charge in [-0.05, 0) is 45.2 Å². The molecule has 0 aromatic heterocycles. The lowest BCUT2D eigenvalue weighted by Crippen LogP contribution is -2.58. The molecule has 0 bridgehead atoms. The maximum atomic E-state index is 12.4. The summed E-state index contributed by atoms with van der Waals surface area (Å²) in [5.41, 5.74) is 1.85. The van der Waals surface area contributed by atoms with E-state index in [1.54, 1.807) is 11.8 Å². The molecule has 1 aromatic carbocycles. The van der Waals surface area contributed by atoms with Crippen molar-refractivity contribution in [1.29, 1.82) is 5.26 Å². The summed E-state index contributed by atoms with van der Waals surface area (Å²) in [5.74, 6) is -1.05. The smallest absolute Gasteiger partial charge is 0.320 e. The lowest BCUT2D eigenvalue weighted by atomic mass is 9.85. The fourth-order valence-electron chi connectivity index (χ4n) is 3.58. The average Bonchev–Trinajstić information content (AvgIpc) is 2.56. The zero-order valence-corrected chi connectivity index (χ0v) is 15.2. The van der Waals surface area contributed by atoms with Gasteiger partial charge in [-0.1, -0.05) is 17.7 Å². The van der Waals surface area contributed by atoms with E-state index in [2.05, 4.69) is 6.07 Å². The molecular weight excluding hydrogens is 318 g/mol. The fraction of sp³-hybridized carbons (Fsp3) is 0.526. The normalized spacial score (nSPS) is 18.2. The first-order chi connectivity index (χ1) is 11.7. The first-order valence-electron chi connectivity index (χ1n) is 8.48. The number of nitriles is 1. The Morgan fingerprint density at radius 2 is 1.92 bits per heavy atom. The number of amides is 1. The van der Waals surface area contributed by atoms with Crippen molar-refractivity contribution in [1.82, 2.24) is 4.90 Å². The van der Waals surface area contributed by atoms with Crippen LogP contribution in [-0.4, -0.2) is 46.6 Å². The largest absolute Gasteiger partial charge is 0.480 e. The lowest BCUT2D eigenvalue weighted by molar-refractivity contribution is -0.143. The van der Waals surface area contributed by atoms with Gasteiger partial charge in [-0.3, -0.25) is 19.4 Å². The number of nitrogens with zero attached hydrogens (tertiary/aromatic N) is 3. The van der Waals surface area contributed by atoms with Gasteiger partial charge < -0.3 is 5.11 Å². The molecule has 1 atom stereocenters. The van der Waals surface area contributed by atoms with E-state index < -0.39 is 17.6 Å². The minimum atomic E-state index is -0.944. The van der Waals surface area contributed by atoms with Crippen molar-refractivity contribution in [2.45, 2.75) is 52.1 Å². The Hall–Kier alpha value is -2.39. The molecule has 0 saturated carbocycles. The quantitative estimate of drug-likeness (QED) is 0.908. The highest BCUT2D eigenvalue weighted by Gasteiger charge is 2.44. The number of likely N-dealkylation sites (tertiary alicyclic amines) is 1. The highest BCUT2D eigenvalue weighted by atomic mass is 16.4. The van der Waals surface area contributed by atoms with Crippen LogP contribution in [0.5, 0.6) is 0 Å². The molecule has 1 aliphatic heterocycles. The van der Waals surface area contributed by atoms with E-state index in [9.17, 15) is 20.0 Å². The molecule has 1 unspecified atom stereocenters. The van der Waals surface area contributed by atoms with Crippen LogP contribution in [-0.2, 0) is 9.59 Å². The first-order valence-corrected chi connectivity index (χ1v) is 8.48. The molecule has 25 heavy (non-hydrogen) atoms. The Labute approximate surface area is 148 Å². The standard InChI is InChI=1S/C19H25N3O3/c1-13-5-6-17(14(2)11-13)22(16(4)23)19(12-20)7-9-21(10-8-19)15(3)18(24)25/h5-6,11,15H,7-10H2,1-4H3,(H,24,25). The van der Waals surface area contributed by atoms with E-state index in [0.29, 0.717) is 25.9 Å². The number of benzene rings is 1. The summed E-state index contributed by atoms with van der Waals surface area (Å²) in [6, 6.07) is 7.58. The molecule has 1 saturated heterocycles. The first kappa shape index (κ1) is 18.9. The van der Waals surface area contributed by atoms with E-state index in [0.717, 1.165) is 16.8 Å². The van der Waals surface area contributed by atoms with Gasteiger partial charge in [0.15, 0.2) is 0 Å². The summed E-state index contributed by atoms with van der Waals surface area (Å²) in [5, 5.41) is 19.1. The van der Waals surface area contributed by atoms with Gasteiger partial charge >= 0.3 is 5.97 Å². The van der Waals surface area contributed by atoms with Crippen molar-refractivity contribution in [3.63, 3.8) is 0 Å². The molecule has 1 N–H and O–H groups in total. The Bertz CT molecular complexity index is 715. The third-order valence-corrected chi connectivity index (χ3v) is 5.07. The number of carboxylic acids is 1. The SMILES string of the molecule is CC(=O)N(c1ccc(C)cc1C)C1(C#N)CCN(C(C)C(=O)O)CC1. The number of anilines is 1. The molecule has 1 amide bonds. The van der Waals surface area contributed by atoms with Crippen LogP contribution in [0.15, 0.2) is 18.2 Å². The number of piperidine rings is 1. The molecule has 6 nitrogen and oxygen atoms in total. The van der Waals surface area contributed by atoms with Gasteiger partial charge in [-0.2, -0.15) is 5.26 Å². The van der Waals surface area contributed by atoms with Crippen LogP contribution in [0.1, 0.15) is 37.8 Å². The molecule has 134 valence electrons. The van der Waals surface area contributed by atoms with E-state index >= 15 is 0 Å². The summed E-state index contributed by atoms with van der Waals surface area (Å²) < 4.78 is 0. The van der Waals surface area contributed by atoms with Crippen molar-refractivity contribution >= 4 is 17.6 Å². The molecule has 1 aromatic rings. The fourth-order valence-corrected chi connectivity index (χ4v) is 3.58. The Morgan fingerprint density at radius 3 is 2.36 bits per heavy atom. The topological polar surface area (TPSA) is 84.6 Å². The molecule has 2 rings (SSSR count). The van der Waals surface area contributed by atoms with Crippen LogP contribution in [0.3, 0.4) is 0 Å². The highest BCUT2D eigenvalue weighted by molar-refractivity contribution is 5.94. The predicted molar refractivity (Wildman–Crippen MR) is 95.3 cm³/mol. The number of aliphatic carboxylic acids is 1. The molecule has 1 heterocycles. The van der Waals surface area contributed by atoms with Gasteiger partial charge in [0.25, 0.3) is 0 Å².